The highest BCUT2D eigenvalue weighted by atomic mass is 35.5. The molecule has 0 aromatic heterocycles. The monoisotopic (exact) mass is 286 g/mol. The molecule has 0 spiro atoms. The second-order valence-corrected chi connectivity index (χ2v) is 4.91. The van der Waals surface area contributed by atoms with Gasteiger partial charge in [0, 0.05) is 10.7 Å². The number of carbonyl (C=O) groups is 2. The normalized spacial score (nSPS) is 13.2. The lowest BCUT2D eigenvalue weighted by Crippen LogP contribution is -2.37. The largest absolute Gasteiger partial charge is 0.333 e. The van der Waals surface area contributed by atoms with Gasteiger partial charge in [-0.1, -0.05) is 35.9 Å². The van der Waals surface area contributed by atoms with Crippen molar-refractivity contribution in [2.75, 3.05) is 10.2 Å². The Morgan fingerprint density at radius 1 is 1.15 bits per heavy atom. The van der Waals surface area contributed by atoms with Gasteiger partial charge in [-0.25, -0.2) is 9.69 Å². The lowest BCUT2D eigenvalue weighted by Gasteiger charge is -2.16. The quantitative estimate of drug-likeness (QED) is 0.873. The van der Waals surface area contributed by atoms with Gasteiger partial charge < -0.3 is 5.32 Å². The van der Waals surface area contributed by atoms with Crippen molar-refractivity contribution in [3.05, 3.63) is 59.1 Å². The minimum absolute atomic E-state index is 0.217. The highest BCUT2D eigenvalue weighted by Gasteiger charge is 2.32. The zero-order valence-corrected chi connectivity index (χ0v) is 11.2. The average molecular weight is 287 g/mol. The molecule has 1 N–H and O–H groups in total. The number of hydrogen-bond acceptors (Lipinski definition) is 2. The van der Waals surface area contributed by atoms with Crippen molar-refractivity contribution in [3.63, 3.8) is 0 Å². The smallest absolute Gasteiger partial charge is 0.307 e. The molecule has 0 bridgehead atoms. The summed E-state index contributed by atoms with van der Waals surface area (Å²) in [6.45, 7) is 0. The first-order valence-electron chi connectivity index (χ1n) is 6.12. The van der Waals surface area contributed by atoms with E-state index in [1.807, 2.05) is 18.2 Å². The molecule has 0 saturated carbocycles. The number of nitrogens with one attached hydrogen (secondary N) is 1. The summed E-state index contributed by atoms with van der Waals surface area (Å²) in [7, 11) is 0. The standard InChI is InChI=1S/C15H11ClN2O2/c16-11-7-6-10-8-14(19)18(13(10)9-11)15(20)17-12-4-2-1-3-5-12/h1-7,9H,8H2,(H,17,20). The van der Waals surface area contributed by atoms with Crippen LogP contribution < -0.4 is 10.2 Å². The molecule has 0 fully saturated rings. The number of anilines is 2. The number of hydrogen-bond donors (Lipinski definition) is 1. The molecular weight excluding hydrogens is 276 g/mol. The van der Waals surface area contributed by atoms with E-state index in [-0.39, 0.29) is 12.3 Å². The maximum Gasteiger partial charge on any atom is 0.333 e. The highest BCUT2D eigenvalue weighted by molar-refractivity contribution is 6.31. The molecule has 1 aliphatic rings. The first-order chi connectivity index (χ1) is 9.65. The Morgan fingerprint density at radius 3 is 2.65 bits per heavy atom. The molecule has 0 unspecified atom stereocenters. The summed E-state index contributed by atoms with van der Waals surface area (Å²) >= 11 is 5.93. The number of halogens is 1. The van der Waals surface area contributed by atoms with Crippen molar-refractivity contribution in [1.82, 2.24) is 0 Å². The van der Waals surface area contributed by atoms with Gasteiger partial charge in [-0.15, -0.1) is 0 Å². The van der Waals surface area contributed by atoms with E-state index in [1.165, 1.54) is 0 Å². The Morgan fingerprint density at radius 2 is 1.90 bits per heavy atom. The molecule has 4 nitrogen and oxygen atoms in total. The zero-order valence-electron chi connectivity index (χ0n) is 10.5. The van der Waals surface area contributed by atoms with E-state index in [4.69, 9.17) is 11.6 Å². The van der Waals surface area contributed by atoms with E-state index in [0.717, 1.165) is 10.5 Å². The summed E-state index contributed by atoms with van der Waals surface area (Å²) in [6, 6.07) is 13.6. The Hall–Kier alpha value is -2.33. The molecule has 0 radical (unpaired) electrons. The first-order valence-corrected chi connectivity index (χ1v) is 6.50. The van der Waals surface area contributed by atoms with E-state index in [1.54, 1.807) is 30.3 Å². The van der Waals surface area contributed by atoms with Crippen LogP contribution in [0.15, 0.2) is 48.5 Å². The van der Waals surface area contributed by atoms with Gasteiger partial charge in [0.2, 0.25) is 5.91 Å². The minimum atomic E-state index is -0.470. The Labute approximate surface area is 121 Å². The number of benzene rings is 2. The van der Waals surface area contributed by atoms with Crippen molar-refractivity contribution in [3.8, 4) is 0 Å². The van der Waals surface area contributed by atoms with Gasteiger partial charge in [-0.05, 0) is 29.8 Å². The number of nitrogens with zero attached hydrogens (tertiary/aromatic N) is 1. The number of urea groups is 1. The molecule has 5 heteroatoms. The van der Waals surface area contributed by atoms with Gasteiger partial charge in [0.1, 0.15) is 0 Å². The van der Waals surface area contributed by atoms with Crippen LogP contribution in [0.25, 0.3) is 0 Å². The molecule has 0 atom stereocenters. The average Bonchev–Trinajstić information content (AvgIpc) is 2.75. The summed E-state index contributed by atoms with van der Waals surface area (Å²) in [5.74, 6) is -0.254. The summed E-state index contributed by atoms with van der Waals surface area (Å²) in [6.07, 6.45) is 0.217. The topological polar surface area (TPSA) is 49.4 Å². The van der Waals surface area contributed by atoms with Crippen molar-refractivity contribution in [1.29, 1.82) is 0 Å². The molecule has 0 saturated heterocycles. The molecule has 3 rings (SSSR count). The number of amides is 3. The fourth-order valence-corrected chi connectivity index (χ4v) is 2.36. The van der Waals surface area contributed by atoms with Crippen LogP contribution in [0, 0.1) is 0 Å². The Bertz CT molecular complexity index is 686. The molecule has 1 aliphatic heterocycles. The van der Waals surface area contributed by atoms with E-state index in [9.17, 15) is 9.59 Å². The maximum atomic E-state index is 12.3. The van der Waals surface area contributed by atoms with Crippen molar-refractivity contribution in [2.45, 2.75) is 6.42 Å². The summed E-state index contributed by atoms with van der Waals surface area (Å²) in [4.78, 5) is 25.4. The molecule has 0 aliphatic carbocycles. The second-order valence-electron chi connectivity index (χ2n) is 4.48. The number of fused-ring (bicyclic) bond motifs is 1. The molecule has 100 valence electrons. The third-order valence-electron chi connectivity index (χ3n) is 3.11. The number of carbonyl (C=O) groups excluding carboxylic acids is 2. The van der Waals surface area contributed by atoms with Gasteiger partial charge in [0.15, 0.2) is 0 Å². The number of imide groups is 1. The van der Waals surface area contributed by atoms with Crippen molar-refractivity contribution in [2.24, 2.45) is 0 Å². The van der Waals surface area contributed by atoms with Crippen LogP contribution in [0.2, 0.25) is 5.02 Å². The number of para-hydroxylation sites is 1. The van der Waals surface area contributed by atoms with E-state index in [0.29, 0.717) is 16.4 Å². The van der Waals surface area contributed by atoms with Gasteiger partial charge in [-0.3, -0.25) is 4.79 Å². The lowest BCUT2D eigenvalue weighted by atomic mass is 10.2. The van der Waals surface area contributed by atoms with Crippen LogP contribution in [-0.4, -0.2) is 11.9 Å². The second kappa shape index (κ2) is 4.98. The van der Waals surface area contributed by atoms with E-state index in [2.05, 4.69) is 5.32 Å². The Balaban J connectivity index is 1.89. The van der Waals surface area contributed by atoms with Crippen molar-refractivity contribution >= 4 is 34.9 Å². The summed E-state index contributed by atoms with van der Waals surface area (Å²) in [5, 5.41) is 3.19. The van der Waals surface area contributed by atoms with Crippen LogP contribution in [0.3, 0.4) is 0 Å². The molecule has 2 aromatic carbocycles. The van der Waals surface area contributed by atoms with Crippen LogP contribution in [-0.2, 0) is 11.2 Å². The van der Waals surface area contributed by atoms with E-state index < -0.39 is 6.03 Å². The molecule has 2 aromatic rings. The fourth-order valence-electron chi connectivity index (χ4n) is 2.19. The fraction of sp³-hybridized carbons (Fsp3) is 0.0667. The minimum Gasteiger partial charge on any atom is -0.307 e. The van der Waals surface area contributed by atoms with Gasteiger partial charge in [-0.2, -0.15) is 0 Å². The Kier molecular flexibility index (Phi) is 3.16. The molecule has 1 heterocycles. The maximum absolute atomic E-state index is 12.3. The van der Waals surface area contributed by atoms with Crippen LogP contribution in [0.5, 0.6) is 0 Å². The van der Waals surface area contributed by atoms with Crippen LogP contribution in [0.4, 0.5) is 16.2 Å². The predicted molar refractivity (Wildman–Crippen MR) is 78.1 cm³/mol. The molecule has 20 heavy (non-hydrogen) atoms. The molecular formula is C15H11ClN2O2. The zero-order chi connectivity index (χ0) is 14.1. The third-order valence-corrected chi connectivity index (χ3v) is 3.34. The summed E-state index contributed by atoms with van der Waals surface area (Å²) < 4.78 is 0. The lowest BCUT2D eigenvalue weighted by molar-refractivity contribution is -0.116. The number of rotatable bonds is 1. The van der Waals surface area contributed by atoms with Gasteiger partial charge in [0.25, 0.3) is 0 Å². The van der Waals surface area contributed by atoms with Gasteiger partial charge in [0.05, 0.1) is 12.1 Å². The molecule has 3 amide bonds. The van der Waals surface area contributed by atoms with E-state index >= 15 is 0 Å². The van der Waals surface area contributed by atoms with Crippen LogP contribution in [0.1, 0.15) is 5.56 Å². The summed E-state index contributed by atoms with van der Waals surface area (Å²) in [5.41, 5.74) is 2.00. The van der Waals surface area contributed by atoms with Crippen molar-refractivity contribution < 1.29 is 9.59 Å². The highest BCUT2D eigenvalue weighted by Crippen LogP contribution is 2.31. The van der Waals surface area contributed by atoms with Crippen LogP contribution >= 0.6 is 11.6 Å². The third kappa shape index (κ3) is 2.26. The SMILES string of the molecule is O=C1Cc2ccc(Cl)cc2N1C(=O)Nc1ccccc1. The first kappa shape index (κ1) is 12.7. The van der Waals surface area contributed by atoms with Gasteiger partial charge >= 0.3 is 6.03 Å². The predicted octanol–water partition coefficient (Wildman–Crippen LogP) is 3.46.